The summed E-state index contributed by atoms with van der Waals surface area (Å²) in [4.78, 5) is 23.8. The van der Waals surface area contributed by atoms with Crippen LogP contribution < -0.4 is 5.32 Å². The highest BCUT2D eigenvalue weighted by Gasteiger charge is 2.40. The summed E-state index contributed by atoms with van der Waals surface area (Å²) >= 11 is 0. The van der Waals surface area contributed by atoms with Gasteiger partial charge >= 0.3 is 5.97 Å². The quantitative estimate of drug-likeness (QED) is 0.808. The van der Waals surface area contributed by atoms with Crippen molar-refractivity contribution >= 4 is 28.5 Å². The minimum absolute atomic E-state index is 0.0615. The van der Waals surface area contributed by atoms with E-state index < -0.39 is 5.97 Å². The van der Waals surface area contributed by atoms with E-state index in [1.165, 1.54) is 0 Å². The summed E-state index contributed by atoms with van der Waals surface area (Å²) in [6.45, 7) is 0.514. The second-order valence-electron chi connectivity index (χ2n) is 6.80. The summed E-state index contributed by atoms with van der Waals surface area (Å²) < 4.78 is 6.87. The average molecular weight is 344 g/mol. The summed E-state index contributed by atoms with van der Waals surface area (Å²) in [7, 11) is 1.66. The highest BCUT2D eigenvalue weighted by molar-refractivity contribution is 5.97. The normalized spacial score (nSPS) is 16.2. The fraction of sp³-hybridized carbons (Fsp3) is 0.474. The van der Waals surface area contributed by atoms with Gasteiger partial charge in [0.2, 0.25) is 5.91 Å². The summed E-state index contributed by atoms with van der Waals surface area (Å²) in [5.74, 6) is -0.817. The van der Waals surface area contributed by atoms with Crippen molar-refractivity contribution in [3.8, 4) is 0 Å². The number of carbonyl (C=O) groups excluding carboxylic acids is 1. The topological polar surface area (TPSA) is 80.6 Å². The molecule has 2 aromatic rings. The molecule has 1 heterocycles. The molecule has 6 heteroatoms. The Morgan fingerprint density at radius 1 is 1.28 bits per heavy atom. The van der Waals surface area contributed by atoms with E-state index >= 15 is 0 Å². The van der Waals surface area contributed by atoms with Gasteiger partial charge < -0.3 is 19.7 Å². The molecule has 134 valence electrons. The largest absolute Gasteiger partial charge is 0.480 e. The minimum Gasteiger partial charge on any atom is -0.480 e. The van der Waals surface area contributed by atoms with Crippen LogP contribution in [0.1, 0.15) is 32.1 Å². The number of anilines is 1. The molecule has 1 aliphatic carbocycles. The zero-order valence-electron chi connectivity index (χ0n) is 14.5. The Balaban J connectivity index is 1.77. The number of nitrogens with zero attached hydrogens (tertiary/aromatic N) is 1. The predicted octanol–water partition coefficient (Wildman–Crippen LogP) is 3.26. The van der Waals surface area contributed by atoms with Crippen LogP contribution in [0.3, 0.4) is 0 Å². The predicted molar refractivity (Wildman–Crippen MR) is 95.6 cm³/mol. The van der Waals surface area contributed by atoms with Crippen LogP contribution in [0.15, 0.2) is 30.5 Å². The summed E-state index contributed by atoms with van der Waals surface area (Å²) in [5, 5.41) is 12.9. The highest BCUT2D eigenvalue weighted by atomic mass is 16.5. The van der Waals surface area contributed by atoms with Crippen LogP contribution in [0.5, 0.6) is 0 Å². The third-order valence-electron chi connectivity index (χ3n) is 5.16. The van der Waals surface area contributed by atoms with Crippen LogP contribution in [-0.4, -0.2) is 35.3 Å². The Labute approximate surface area is 146 Å². The smallest absolute Gasteiger partial charge is 0.323 e. The Morgan fingerprint density at radius 2 is 2.04 bits per heavy atom. The lowest BCUT2D eigenvalue weighted by atomic mass is 9.82. The number of hydrogen-bond acceptors (Lipinski definition) is 3. The number of ether oxygens (including phenoxy) is 1. The van der Waals surface area contributed by atoms with Gasteiger partial charge in [-0.2, -0.15) is 0 Å². The number of hydrogen-bond donors (Lipinski definition) is 2. The Hall–Kier alpha value is -2.34. The van der Waals surface area contributed by atoms with E-state index in [2.05, 4.69) is 5.32 Å². The number of aromatic nitrogens is 1. The van der Waals surface area contributed by atoms with Crippen molar-refractivity contribution in [2.75, 3.05) is 19.0 Å². The molecule has 25 heavy (non-hydrogen) atoms. The molecule has 0 spiro atoms. The van der Waals surface area contributed by atoms with Crippen molar-refractivity contribution in [3.05, 3.63) is 30.5 Å². The van der Waals surface area contributed by atoms with Crippen molar-refractivity contribution < 1.29 is 19.4 Å². The summed E-state index contributed by atoms with van der Waals surface area (Å²) in [6, 6.07) is 7.44. The Morgan fingerprint density at radius 3 is 2.72 bits per heavy atom. The number of fused-ring (bicyclic) bond motifs is 1. The molecule has 0 aliphatic heterocycles. The van der Waals surface area contributed by atoms with E-state index in [0.29, 0.717) is 6.61 Å². The van der Waals surface area contributed by atoms with E-state index in [1.54, 1.807) is 17.9 Å². The van der Waals surface area contributed by atoms with E-state index in [0.717, 1.165) is 48.7 Å². The van der Waals surface area contributed by atoms with E-state index in [9.17, 15) is 9.59 Å². The van der Waals surface area contributed by atoms with Crippen LogP contribution in [-0.2, 0) is 20.9 Å². The van der Waals surface area contributed by atoms with Crippen molar-refractivity contribution in [3.63, 3.8) is 0 Å². The molecule has 1 aliphatic rings. The second-order valence-corrected chi connectivity index (χ2v) is 6.80. The lowest BCUT2D eigenvalue weighted by Crippen LogP contribution is -2.34. The molecule has 0 saturated heterocycles. The minimum atomic E-state index is -0.879. The number of rotatable bonds is 7. The van der Waals surface area contributed by atoms with Crippen molar-refractivity contribution in [1.82, 2.24) is 4.57 Å². The molecule has 1 saturated carbocycles. The molecular formula is C19H24N2O4. The number of carbonyl (C=O) groups is 2. The van der Waals surface area contributed by atoms with Crippen LogP contribution >= 0.6 is 0 Å². The third-order valence-corrected chi connectivity index (χ3v) is 5.16. The second kappa shape index (κ2) is 7.27. The third kappa shape index (κ3) is 3.69. The van der Waals surface area contributed by atoms with Gasteiger partial charge in [0.25, 0.3) is 0 Å². The van der Waals surface area contributed by atoms with Crippen LogP contribution in [0, 0.1) is 5.41 Å². The van der Waals surface area contributed by atoms with Crippen LogP contribution in [0.25, 0.3) is 10.9 Å². The molecule has 1 amide bonds. The van der Waals surface area contributed by atoms with Gasteiger partial charge in [-0.3, -0.25) is 9.59 Å². The zero-order valence-corrected chi connectivity index (χ0v) is 14.5. The molecule has 1 fully saturated rings. The first-order valence-electron chi connectivity index (χ1n) is 8.65. The van der Waals surface area contributed by atoms with Crippen molar-refractivity contribution in [1.29, 1.82) is 0 Å². The van der Waals surface area contributed by atoms with Gasteiger partial charge in [0.15, 0.2) is 0 Å². The Kier molecular flexibility index (Phi) is 5.08. The maximum atomic E-state index is 12.9. The van der Waals surface area contributed by atoms with E-state index in [4.69, 9.17) is 9.84 Å². The van der Waals surface area contributed by atoms with Crippen molar-refractivity contribution in [2.24, 2.45) is 5.41 Å². The maximum Gasteiger partial charge on any atom is 0.323 e. The van der Waals surface area contributed by atoms with Gasteiger partial charge in [0, 0.05) is 36.5 Å². The molecule has 1 aromatic carbocycles. The highest BCUT2D eigenvalue weighted by Crippen LogP contribution is 2.42. The number of nitrogens with one attached hydrogen (secondary N) is 1. The monoisotopic (exact) mass is 344 g/mol. The van der Waals surface area contributed by atoms with Gasteiger partial charge in [-0.25, -0.2) is 0 Å². The fourth-order valence-electron chi connectivity index (χ4n) is 3.76. The maximum absolute atomic E-state index is 12.9. The average Bonchev–Trinajstić information content (AvgIpc) is 3.21. The van der Waals surface area contributed by atoms with E-state index in [-0.39, 0.29) is 17.9 Å². The molecule has 0 atom stereocenters. The summed E-state index contributed by atoms with van der Waals surface area (Å²) in [6.07, 6.45) is 6.45. The number of benzene rings is 1. The van der Waals surface area contributed by atoms with Crippen molar-refractivity contribution in [2.45, 2.75) is 38.6 Å². The summed E-state index contributed by atoms with van der Waals surface area (Å²) in [5.41, 5.74) is 1.25. The molecular weight excluding hydrogens is 320 g/mol. The molecule has 1 aromatic heterocycles. The molecule has 2 N–H and O–H groups in total. The van der Waals surface area contributed by atoms with Crippen LogP contribution in [0.4, 0.5) is 5.69 Å². The number of methoxy groups -OCH3 is 1. The fourth-order valence-corrected chi connectivity index (χ4v) is 3.76. The standard InChI is InChI=1S/C19H24N2O4/c1-25-11-9-19(7-2-3-8-19)18(24)20-15-4-5-16-14(12-15)6-10-21(16)13-17(22)23/h4-6,10,12H,2-3,7-9,11,13H2,1H3,(H,20,24)(H,22,23). The van der Waals surface area contributed by atoms with E-state index in [1.807, 2.05) is 24.3 Å². The van der Waals surface area contributed by atoms with Crippen LogP contribution in [0.2, 0.25) is 0 Å². The Bertz CT molecular complexity index is 775. The molecule has 0 unspecified atom stereocenters. The molecule has 0 radical (unpaired) electrons. The number of carboxylic acids is 1. The van der Waals surface area contributed by atoms with Gasteiger partial charge in [-0.15, -0.1) is 0 Å². The number of amides is 1. The lowest BCUT2D eigenvalue weighted by Gasteiger charge is -2.27. The molecule has 6 nitrogen and oxygen atoms in total. The van der Waals surface area contributed by atoms with Gasteiger partial charge in [-0.1, -0.05) is 12.8 Å². The number of carboxylic acid groups (broad SMARTS) is 1. The SMILES string of the molecule is COCCC1(C(=O)Nc2ccc3c(ccn3CC(=O)O)c2)CCCC1. The first-order chi connectivity index (χ1) is 12.0. The lowest BCUT2D eigenvalue weighted by molar-refractivity contribution is -0.137. The van der Waals surface area contributed by atoms with Gasteiger partial charge in [-0.05, 0) is 43.5 Å². The molecule has 3 rings (SSSR count). The first-order valence-corrected chi connectivity index (χ1v) is 8.65. The zero-order chi connectivity index (χ0) is 17.9. The van der Waals surface area contributed by atoms with Gasteiger partial charge in [0.05, 0.1) is 5.41 Å². The molecule has 0 bridgehead atoms. The first kappa shape index (κ1) is 17.5. The number of aliphatic carboxylic acids is 1. The van der Waals surface area contributed by atoms with Gasteiger partial charge in [0.1, 0.15) is 6.54 Å².